The third-order valence-electron chi connectivity index (χ3n) is 1.97. The summed E-state index contributed by atoms with van der Waals surface area (Å²) in [5.41, 5.74) is 2.86. The molecule has 1 heteroatoms. The molecule has 0 spiro atoms. The molecule has 0 fully saturated rings. The third-order valence-corrected chi connectivity index (χ3v) is 1.97. The second kappa shape index (κ2) is 4.44. The van der Waals surface area contributed by atoms with Gasteiger partial charge in [0.25, 0.3) is 0 Å². The summed E-state index contributed by atoms with van der Waals surface area (Å²) in [5.74, 6) is 0. The van der Waals surface area contributed by atoms with Gasteiger partial charge in [0.15, 0.2) is 0 Å². The van der Waals surface area contributed by atoms with Gasteiger partial charge in [-0.3, -0.25) is 0 Å². The normalized spacial score (nSPS) is 18.7. The van der Waals surface area contributed by atoms with Gasteiger partial charge in [0.1, 0.15) is 0 Å². The first kappa shape index (κ1) is 9.50. The molecule has 0 bridgehead atoms. The molecule has 1 radical (unpaired) electrons. The first-order valence-electron chi connectivity index (χ1n) is 4.01. The summed E-state index contributed by atoms with van der Waals surface area (Å²) >= 11 is 0. The average molecular weight is 194 g/mol. The van der Waals surface area contributed by atoms with E-state index in [1.54, 1.807) is 0 Å². The Kier molecular flexibility index (Phi) is 3.52. The monoisotopic (exact) mass is 194 g/mol. The van der Waals surface area contributed by atoms with Crippen LogP contribution in [-0.2, 0) is 18.6 Å². The van der Waals surface area contributed by atoms with Crippen LogP contribution in [0.5, 0.6) is 0 Å². The van der Waals surface area contributed by atoms with Crippen LogP contribution in [0, 0.1) is 6.42 Å². The molecule has 0 aromatic rings. The van der Waals surface area contributed by atoms with Crippen molar-refractivity contribution < 1.29 is 18.6 Å². The fourth-order valence-corrected chi connectivity index (χ4v) is 1.38. The van der Waals surface area contributed by atoms with Crippen molar-refractivity contribution in [2.45, 2.75) is 12.8 Å². The van der Waals surface area contributed by atoms with Crippen molar-refractivity contribution in [2.24, 2.45) is 0 Å². The summed E-state index contributed by atoms with van der Waals surface area (Å²) in [4.78, 5) is 0. The van der Waals surface area contributed by atoms with Gasteiger partial charge in [0.2, 0.25) is 0 Å². The van der Waals surface area contributed by atoms with E-state index in [0.29, 0.717) is 0 Å². The van der Waals surface area contributed by atoms with Gasteiger partial charge in [0.05, 0.1) is 0 Å². The van der Waals surface area contributed by atoms with E-state index in [-0.39, 0.29) is 18.6 Å². The minimum Gasteiger partial charge on any atom is -0.163 e. The molecule has 0 amide bonds. The maximum absolute atomic E-state index is 2.28. The molecule has 0 N–H and O–H groups in total. The van der Waals surface area contributed by atoms with Crippen molar-refractivity contribution in [3.8, 4) is 0 Å². The van der Waals surface area contributed by atoms with Crippen LogP contribution in [0.2, 0.25) is 0 Å². The average Bonchev–Trinajstić information content (AvgIpc) is 2.60. The molecule has 0 saturated heterocycles. The molecule has 0 aromatic heterocycles. The molecular formula is C11H11V-. The molecule has 12 heavy (non-hydrogen) atoms. The van der Waals surface area contributed by atoms with Crippen molar-refractivity contribution in [1.82, 2.24) is 0 Å². The standard InChI is InChI=1S/C11H11.V/c1-2-6-10(5-1)9-11-7-3-4-8-11;/h1-5,7,9H,6,8H2;/q-1;. The van der Waals surface area contributed by atoms with E-state index in [1.807, 2.05) is 0 Å². The molecule has 0 heterocycles. The predicted molar refractivity (Wildman–Crippen MR) is 48.0 cm³/mol. The summed E-state index contributed by atoms with van der Waals surface area (Å²) in [7, 11) is 0. The van der Waals surface area contributed by atoms with Gasteiger partial charge in [-0.05, 0) is 12.8 Å². The smallest absolute Gasteiger partial charge is 0 e. The molecule has 0 nitrogen and oxygen atoms in total. The Labute approximate surface area is 85.6 Å². The largest absolute Gasteiger partial charge is 0.163 e. The second-order valence-electron chi connectivity index (χ2n) is 2.89. The Bertz CT molecular complexity index is 239. The predicted octanol–water partition coefficient (Wildman–Crippen LogP) is 2.96. The molecule has 2 rings (SSSR count). The van der Waals surface area contributed by atoms with Crippen LogP contribution >= 0.6 is 0 Å². The molecular weight excluding hydrogens is 183 g/mol. The first-order chi connectivity index (χ1) is 5.45. The Hall–Kier alpha value is -0.586. The summed E-state index contributed by atoms with van der Waals surface area (Å²) in [6, 6.07) is 0. The minimum absolute atomic E-state index is 0. The zero-order valence-corrected chi connectivity index (χ0v) is 8.30. The summed E-state index contributed by atoms with van der Waals surface area (Å²) in [6.07, 6.45) is 17.5. The van der Waals surface area contributed by atoms with Crippen molar-refractivity contribution in [3.05, 3.63) is 54.0 Å². The summed E-state index contributed by atoms with van der Waals surface area (Å²) in [5, 5.41) is 0. The number of hydrogen-bond donors (Lipinski definition) is 0. The zero-order chi connectivity index (χ0) is 7.52. The van der Waals surface area contributed by atoms with Gasteiger partial charge < -0.3 is 0 Å². The Morgan fingerprint density at radius 3 is 1.75 bits per heavy atom. The minimum atomic E-state index is 0. The number of rotatable bonds is 2. The quantitative estimate of drug-likeness (QED) is 0.593. The Morgan fingerprint density at radius 2 is 1.42 bits per heavy atom. The fraction of sp³-hybridized carbons (Fsp3) is 0.182. The topological polar surface area (TPSA) is 0 Å². The van der Waals surface area contributed by atoms with Gasteiger partial charge in [-0.15, -0.1) is 12.2 Å². The zero-order valence-electron chi connectivity index (χ0n) is 6.90. The van der Waals surface area contributed by atoms with Crippen LogP contribution in [0.4, 0.5) is 0 Å². The molecule has 0 aromatic carbocycles. The summed E-state index contributed by atoms with van der Waals surface area (Å²) < 4.78 is 0. The molecule has 0 aliphatic heterocycles. The molecule has 0 saturated carbocycles. The maximum atomic E-state index is 2.28. The summed E-state index contributed by atoms with van der Waals surface area (Å²) in [6.45, 7) is 0. The number of allylic oxidation sites excluding steroid dienone is 8. The molecule has 2 aliphatic carbocycles. The van der Waals surface area contributed by atoms with Crippen molar-refractivity contribution >= 4 is 0 Å². The molecule has 0 unspecified atom stereocenters. The van der Waals surface area contributed by atoms with Gasteiger partial charge in [-0.2, -0.15) is 29.7 Å². The fourth-order valence-electron chi connectivity index (χ4n) is 1.38. The van der Waals surface area contributed by atoms with Crippen LogP contribution < -0.4 is 0 Å². The van der Waals surface area contributed by atoms with Crippen LogP contribution in [-0.4, -0.2) is 0 Å². The molecule has 0 atom stereocenters. The van der Waals surface area contributed by atoms with E-state index < -0.39 is 0 Å². The van der Waals surface area contributed by atoms with Crippen LogP contribution in [0.15, 0.2) is 47.6 Å². The van der Waals surface area contributed by atoms with Gasteiger partial charge in [0, 0.05) is 18.6 Å². The van der Waals surface area contributed by atoms with E-state index in [0.717, 1.165) is 12.8 Å². The molecule has 61 valence electrons. The van der Waals surface area contributed by atoms with Crippen LogP contribution in [0.25, 0.3) is 0 Å². The van der Waals surface area contributed by atoms with E-state index in [9.17, 15) is 0 Å². The van der Waals surface area contributed by atoms with Crippen LogP contribution in [0.3, 0.4) is 0 Å². The SMILES string of the molecule is C1=CCC([CH-]C2=CC=CC2)=C1.[V]. The Balaban J connectivity index is 0.000000720. The Morgan fingerprint density at radius 1 is 0.917 bits per heavy atom. The molecule has 2 aliphatic rings. The maximum Gasteiger partial charge on any atom is 0 e. The van der Waals surface area contributed by atoms with Crippen molar-refractivity contribution in [1.29, 1.82) is 0 Å². The van der Waals surface area contributed by atoms with Crippen LogP contribution in [0.1, 0.15) is 12.8 Å². The van der Waals surface area contributed by atoms with Gasteiger partial charge >= 0.3 is 0 Å². The third kappa shape index (κ3) is 2.20. The first-order valence-corrected chi connectivity index (χ1v) is 4.01. The van der Waals surface area contributed by atoms with Crippen molar-refractivity contribution in [3.63, 3.8) is 0 Å². The van der Waals surface area contributed by atoms with E-state index in [2.05, 4.69) is 42.9 Å². The van der Waals surface area contributed by atoms with Gasteiger partial charge in [-0.1, -0.05) is 12.2 Å². The van der Waals surface area contributed by atoms with E-state index in [4.69, 9.17) is 0 Å². The van der Waals surface area contributed by atoms with Crippen molar-refractivity contribution in [2.75, 3.05) is 0 Å². The van der Waals surface area contributed by atoms with E-state index >= 15 is 0 Å². The second-order valence-corrected chi connectivity index (χ2v) is 2.89. The number of hydrogen-bond acceptors (Lipinski definition) is 0. The van der Waals surface area contributed by atoms with E-state index in [1.165, 1.54) is 11.1 Å². The van der Waals surface area contributed by atoms with Gasteiger partial charge in [-0.25, -0.2) is 0 Å².